The van der Waals surface area contributed by atoms with E-state index in [1.54, 1.807) is 18.2 Å². The van der Waals surface area contributed by atoms with Gasteiger partial charge in [0, 0.05) is 36.3 Å². The first kappa shape index (κ1) is 19.8. The first-order valence-corrected chi connectivity index (χ1v) is 10.2. The van der Waals surface area contributed by atoms with Gasteiger partial charge >= 0.3 is 6.18 Å². The molecule has 2 aromatic rings. The van der Waals surface area contributed by atoms with E-state index in [1.807, 2.05) is 0 Å². The van der Waals surface area contributed by atoms with E-state index in [4.69, 9.17) is 0 Å². The molecule has 162 valence electrons. The molecule has 3 amide bonds. The van der Waals surface area contributed by atoms with Crippen LogP contribution in [0.4, 0.5) is 13.2 Å². The number of imide groups is 1. The number of imidazole rings is 1. The fourth-order valence-corrected chi connectivity index (χ4v) is 4.71. The van der Waals surface area contributed by atoms with Gasteiger partial charge in [0.2, 0.25) is 17.6 Å². The topological polar surface area (TPSA) is 84.3 Å². The van der Waals surface area contributed by atoms with Crippen molar-refractivity contribution in [1.82, 2.24) is 19.8 Å². The lowest BCUT2D eigenvalue weighted by Crippen LogP contribution is -2.52. The highest BCUT2D eigenvalue weighted by atomic mass is 19.4. The smallest absolute Gasteiger partial charge is 0.324 e. The maximum Gasteiger partial charge on any atom is 0.449 e. The van der Waals surface area contributed by atoms with Gasteiger partial charge in [0.1, 0.15) is 6.04 Å². The van der Waals surface area contributed by atoms with Crippen LogP contribution in [0.1, 0.15) is 53.1 Å². The van der Waals surface area contributed by atoms with Crippen LogP contribution in [0.3, 0.4) is 0 Å². The number of hydrogen-bond acceptors (Lipinski definition) is 4. The number of carbonyl (C=O) groups excluding carboxylic acids is 3. The van der Waals surface area contributed by atoms with Gasteiger partial charge < -0.3 is 9.47 Å². The fraction of sp³-hybridized carbons (Fsp3) is 0.429. The summed E-state index contributed by atoms with van der Waals surface area (Å²) in [4.78, 5) is 41.8. The third kappa shape index (κ3) is 3.21. The molecule has 1 aromatic carbocycles. The van der Waals surface area contributed by atoms with Gasteiger partial charge in [0.15, 0.2) is 0 Å². The minimum atomic E-state index is -4.54. The van der Waals surface area contributed by atoms with E-state index < -0.39 is 23.9 Å². The van der Waals surface area contributed by atoms with Gasteiger partial charge in [-0.15, -0.1) is 0 Å². The van der Waals surface area contributed by atoms with Gasteiger partial charge in [0.05, 0.1) is 5.69 Å². The van der Waals surface area contributed by atoms with Crippen LogP contribution in [-0.4, -0.2) is 38.2 Å². The summed E-state index contributed by atoms with van der Waals surface area (Å²) < 4.78 is 41.8. The second-order valence-corrected chi connectivity index (χ2v) is 8.11. The van der Waals surface area contributed by atoms with Crippen molar-refractivity contribution in [1.29, 1.82) is 0 Å². The molecule has 1 N–H and O–H groups in total. The summed E-state index contributed by atoms with van der Waals surface area (Å²) in [5.74, 6) is -2.08. The summed E-state index contributed by atoms with van der Waals surface area (Å²) >= 11 is 0. The zero-order valence-electron chi connectivity index (χ0n) is 16.5. The van der Waals surface area contributed by atoms with Crippen molar-refractivity contribution in [3.63, 3.8) is 0 Å². The number of alkyl halides is 3. The Bertz CT molecular complexity index is 1120. The van der Waals surface area contributed by atoms with Crippen molar-refractivity contribution in [2.24, 2.45) is 0 Å². The van der Waals surface area contributed by atoms with Crippen molar-refractivity contribution in [3.8, 4) is 11.3 Å². The number of benzene rings is 1. The number of aromatic nitrogens is 2. The van der Waals surface area contributed by atoms with Gasteiger partial charge in [-0.3, -0.25) is 19.7 Å². The Morgan fingerprint density at radius 2 is 1.90 bits per heavy atom. The molecule has 3 aliphatic rings. The molecule has 7 nitrogen and oxygen atoms in total. The maximum absolute atomic E-state index is 13.5. The first-order valence-electron chi connectivity index (χ1n) is 10.2. The number of halogens is 3. The zero-order chi connectivity index (χ0) is 21.9. The monoisotopic (exact) mass is 432 g/mol. The molecule has 0 aliphatic carbocycles. The highest BCUT2D eigenvalue weighted by molar-refractivity contribution is 6.05. The number of rotatable bonds is 2. The van der Waals surface area contributed by atoms with Crippen LogP contribution < -0.4 is 5.32 Å². The van der Waals surface area contributed by atoms with Crippen molar-refractivity contribution >= 4 is 17.7 Å². The molecule has 4 heterocycles. The summed E-state index contributed by atoms with van der Waals surface area (Å²) in [6, 6.07) is 4.15. The normalized spacial score (nSPS) is 21.2. The first-order chi connectivity index (χ1) is 14.7. The summed E-state index contributed by atoms with van der Waals surface area (Å²) in [6.45, 7) is 0.445. The Kier molecular flexibility index (Phi) is 4.42. The minimum Gasteiger partial charge on any atom is -0.324 e. The van der Waals surface area contributed by atoms with Crippen molar-refractivity contribution < 1.29 is 27.6 Å². The molecule has 1 atom stereocenters. The molecule has 3 aliphatic heterocycles. The minimum absolute atomic E-state index is 0.156. The van der Waals surface area contributed by atoms with E-state index in [0.717, 1.165) is 6.42 Å². The van der Waals surface area contributed by atoms with Crippen LogP contribution in [0.5, 0.6) is 0 Å². The Labute approximate surface area is 175 Å². The molecule has 10 heteroatoms. The highest BCUT2D eigenvalue weighted by Crippen LogP contribution is 2.38. The summed E-state index contributed by atoms with van der Waals surface area (Å²) in [5, 5.41) is 2.25. The molecular formula is C21H19F3N4O3. The highest BCUT2D eigenvalue weighted by Gasteiger charge is 2.41. The molecule has 0 radical (unpaired) electrons. The van der Waals surface area contributed by atoms with E-state index in [-0.39, 0.29) is 37.7 Å². The number of amides is 3. The number of nitrogens with zero attached hydrogens (tertiary/aromatic N) is 3. The standard InChI is InChI=1S/C21H19F3N4O3/c22-21(23,24)20-26-17(14-3-1-2-8-27(14)20)11-4-5-13-12(9-11)10-28(19(13)31)15-6-7-16(29)25-18(15)30/h4-5,9,15H,1-3,6-8,10H2,(H,25,29,30). The van der Waals surface area contributed by atoms with Gasteiger partial charge in [-0.2, -0.15) is 13.2 Å². The quantitative estimate of drug-likeness (QED) is 0.740. The number of piperidine rings is 1. The molecular weight excluding hydrogens is 413 g/mol. The Hall–Kier alpha value is -3.17. The van der Waals surface area contributed by atoms with E-state index in [0.29, 0.717) is 40.9 Å². The lowest BCUT2D eigenvalue weighted by molar-refractivity contribution is -0.147. The number of carbonyl (C=O) groups is 3. The van der Waals surface area contributed by atoms with Crippen molar-refractivity contribution in [2.45, 2.75) is 57.4 Å². The molecule has 1 unspecified atom stereocenters. The van der Waals surface area contributed by atoms with E-state index in [2.05, 4.69) is 10.3 Å². The lowest BCUT2D eigenvalue weighted by Gasteiger charge is -2.29. The predicted octanol–water partition coefficient (Wildman–Crippen LogP) is 2.67. The zero-order valence-corrected chi connectivity index (χ0v) is 16.5. The van der Waals surface area contributed by atoms with Crippen LogP contribution in [0.2, 0.25) is 0 Å². The van der Waals surface area contributed by atoms with Crippen LogP contribution in [0.25, 0.3) is 11.3 Å². The van der Waals surface area contributed by atoms with E-state index >= 15 is 0 Å². The second kappa shape index (κ2) is 6.93. The molecule has 5 rings (SSSR count). The largest absolute Gasteiger partial charge is 0.449 e. The van der Waals surface area contributed by atoms with E-state index in [9.17, 15) is 27.6 Å². The lowest BCUT2D eigenvalue weighted by atomic mass is 10.0. The molecule has 1 aromatic heterocycles. The predicted molar refractivity (Wildman–Crippen MR) is 102 cm³/mol. The third-order valence-electron chi connectivity index (χ3n) is 6.17. The fourth-order valence-electron chi connectivity index (χ4n) is 4.71. The van der Waals surface area contributed by atoms with Crippen LogP contribution in [-0.2, 0) is 35.3 Å². The number of nitrogens with one attached hydrogen (secondary N) is 1. The second-order valence-electron chi connectivity index (χ2n) is 8.11. The summed E-state index contributed by atoms with van der Waals surface area (Å²) in [7, 11) is 0. The molecule has 0 saturated carbocycles. The molecule has 0 bridgehead atoms. The van der Waals surface area contributed by atoms with Gasteiger partial charge in [-0.05, 0) is 43.4 Å². The summed E-state index contributed by atoms with van der Waals surface area (Å²) in [6.07, 6.45) is -2.16. The van der Waals surface area contributed by atoms with Crippen LogP contribution in [0.15, 0.2) is 18.2 Å². The Morgan fingerprint density at radius 1 is 1.10 bits per heavy atom. The molecule has 1 saturated heterocycles. The SMILES string of the molecule is O=C1CCC(N2Cc3cc(-c4nc(C(F)(F)F)n5c4CCCC5)ccc3C2=O)C(=O)N1. The number of fused-ring (bicyclic) bond motifs is 2. The maximum atomic E-state index is 13.5. The average Bonchev–Trinajstić information content (AvgIpc) is 3.26. The van der Waals surface area contributed by atoms with Gasteiger partial charge in [-0.1, -0.05) is 6.07 Å². The third-order valence-corrected chi connectivity index (χ3v) is 6.17. The van der Waals surface area contributed by atoms with E-state index in [1.165, 1.54) is 9.47 Å². The van der Waals surface area contributed by atoms with Crippen molar-refractivity contribution in [2.75, 3.05) is 0 Å². The molecule has 1 fully saturated rings. The average molecular weight is 432 g/mol. The Morgan fingerprint density at radius 3 is 2.65 bits per heavy atom. The molecule has 0 spiro atoms. The summed E-state index contributed by atoms with van der Waals surface area (Å²) in [5.41, 5.74) is 2.43. The van der Waals surface area contributed by atoms with Crippen LogP contribution in [0, 0.1) is 0 Å². The van der Waals surface area contributed by atoms with Gasteiger partial charge in [0.25, 0.3) is 5.91 Å². The van der Waals surface area contributed by atoms with Crippen LogP contribution >= 0.6 is 0 Å². The van der Waals surface area contributed by atoms with Gasteiger partial charge in [-0.25, -0.2) is 4.98 Å². The molecule has 31 heavy (non-hydrogen) atoms. The van der Waals surface area contributed by atoms with Crippen molar-refractivity contribution in [3.05, 3.63) is 40.8 Å². The number of hydrogen-bond donors (Lipinski definition) is 1. The Balaban J connectivity index is 1.50.